The number of H-pyrrole nitrogens is 1. The van der Waals surface area contributed by atoms with Crippen LogP contribution in [0.1, 0.15) is 0 Å². The van der Waals surface area contributed by atoms with Crippen LogP contribution in [0.4, 0.5) is 5.95 Å². The quantitative estimate of drug-likeness (QED) is 0.787. The van der Waals surface area contributed by atoms with Crippen molar-refractivity contribution in [2.45, 2.75) is 4.90 Å². The number of hydrogen-bond acceptors (Lipinski definition) is 6. The Morgan fingerprint density at radius 1 is 1.33 bits per heavy atom. The van der Waals surface area contributed by atoms with Gasteiger partial charge in [0.1, 0.15) is 0 Å². The topological polar surface area (TPSA) is 114 Å². The first-order valence-corrected chi connectivity index (χ1v) is 7.31. The number of nitrogens with zero attached hydrogens (tertiary/aromatic N) is 2. The second kappa shape index (κ2) is 6.18. The summed E-state index contributed by atoms with van der Waals surface area (Å²) in [7, 11) is -2.28. The van der Waals surface area contributed by atoms with E-state index in [1.807, 2.05) is 0 Å². The Kier molecular flexibility index (Phi) is 4.33. The molecule has 2 N–H and O–H groups in total. The Balaban J connectivity index is 2.05. The Morgan fingerprint density at radius 3 is 2.67 bits per heavy atom. The predicted octanol–water partition coefficient (Wildman–Crippen LogP) is 0.739. The molecule has 110 valence electrons. The third-order valence-corrected chi connectivity index (χ3v) is 3.78. The number of ether oxygens (including phenoxy) is 1. The largest absolute Gasteiger partial charge is 0.466 e. The van der Waals surface area contributed by atoms with Gasteiger partial charge in [0.15, 0.2) is 9.84 Å². The molecule has 21 heavy (non-hydrogen) atoms. The van der Waals surface area contributed by atoms with E-state index in [0.29, 0.717) is 0 Å². The molecule has 0 aliphatic carbocycles. The van der Waals surface area contributed by atoms with Gasteiger partial charge in [-0.2, -0.15) is 4.98 Å². The van der Waals surface area contributed by atoms with E-state index in [-0.39, 0.29) is 16.9 Å². The van der Waals surface area contributed by atoms with Gasteiger partial charge in [0.05, 0.1) is 12.0 Å². The van der Waals surface area contributed by atoms with Crippen LogP contribution in [0.2, 0.25) is 0 Å². The molecular formula is C12H12N4O4S. The molecule has 1 heterocycles. The number of benzene rings is 1. The Hall–Kier alpha value is -2.68. The van der Waals surface area contributed by atoms with Crippen molar-refractivity contribution in [3.8, 4) is 6.01 Å². The third-order valence-electron chi connectivity index (χ3n) is 2.36. The summed E-state index contributed by atoms with van der Waals surface area (Å²) in [5, 5.41) is 9.19. The SMILES string of the molecule is COc1n[nH]c(NC(=O)/C=C/S(=O)(=O)c2ccccc2)n1. The molecule has 0 fully saturated rings. The molecule has 0 aliphatic heterocycles. The van der Waals surface area contributed by atoms with Crippen molar-refractivity contribution >= 4 is 21.7 Å². The number of rotatable bonds is 5. The summed E-state index contributed by atoms with van der Waals surface area (Å²) in [4.78, 5) is 15.5. The lowest BCUT2D eigenvalue weighted by atomic mass is 10.4. The zero-order valence-corrected chi connectivity index (χ0v) is 11.8. The second-order valence-electron chi connectivity index (χ2n) is 3.82. The van der Waals surface area contributed by atoms with Crippen molar-refractivity contribution in [3.05, 3.63) is 41.8 Å². The lowest BCUT2D eigenvalue weighted by Gasteiger charge is -1.98. The van der Waals surface area contributed by atoms with Gasteiger partial charge in [0.25, 0.3) is 5.91 Å². The van der Waals surface area contributed by atoms with Crippen LogP contribution in [0.15, 0.2) is 46.7 Å². The van der Waals surface area contributed by atoms with Crippen molar-refractivity contribution < 1.29 is 17.9 Å². The minimum absolute atomic E-state index is 0.0543. The van der Waals surface area contributed by atoms with E-state index < -0.39 is 15.7 Å². The van der Waals surface area contributed by atoms with Crippen LogP contribution in [-0.2, 0) is 14.6 Å². The minimum Gasteiger partial charge on any atom is -0.466 e. The third kappa shape index (κ3) is 3.89. The average Bonchev–Trinajstić information content (AvgIpc) is 2.94. The number of aromatic amines is 1. The van der Waals surface area contributed by atoms with Gasteiger partial charge in [0.2, 0.25) is 5.95 Å². The molecule has 1 aromatic heterocycles. The van der Waals surface area contributed by atoms with Gasteiger partial charge in [-0.25, -0.2) is 13.5 Å². The van der Waals surface area contributed by atoms with Crippen molar-refractivity contribution in [1.29, 1.82) is 0 Å². The van der Waals surface area contributed by atoms with Crippen LogP contribution in [0.3, 0.4) is 0 Å². The highest BCUT2D eigenvalue weighted by atomic mass is 32.2. The van der Waals surface area contributed by atoms with E-state index in [1.54, 1.807) is 18.2 Å². The Bertz CT molecular complexity index is 753. The lowest BCUT2D eigenvalue weighted by molar-refractivity contribution is -0.111. The fourth-order valence-corrected chi connectivity index (χ4v) is 2.39. The maximum atomic E-state index is 11.9. The molecule has 0 bridgehead atoms. The first-order chi connectivity index (χ1) is 10.0. The number of carbonyl (C=O) groups excluding carboxylic acids is 1. The van der Waals surface area contributed by atoms with Gasteiger partial charge < -0.3 is 4.74 Å². The number of methoxy groups -OCH3 is 1. The molecule has 1 amide bonds. The molecule has 0 saturated heterocycles. The van der Waals surface area contributed by atoms with Crippen LogP contribution in [0.5, 0.6) is 6.01 Å². The van der Waals surface area contributed by atoms with Crippen molar-refractivity contribution in [2.75, 3.05) is 12.4 Å². The van der Waals surface area contributed by atoms with E-state index >= 15 is 0 Å². The molecule has 0 spiro atoms. The molecule has 0 atom stereocenters. The van der Waals surface area contributed by atoms with Crippen molar-refractivity contribution in [1.82, 2.24) is 15.2 Å². The number of nitrogens with one attached hydrogen (secondary N) is 2. The van der Waals surface area contributed by atoms with Crippen molar-refractivity contribution in [2.24, 2.45) is 0 Å². The average molecular weight is 308 g/mol. The van der Waals surface area contributed by atoms with Crippen LogP contribution >= 0.6 is 0 Å². The lowest BCUT2D eigenvalue weighted by Crippen LogP contribution is -2.10. The summed E-state index contributed by atoms with van der Waals surface area (Å²) in [5.74, 6) is -0.605. The molecule has 0 radical (unpaired) electrons. The summed E-state index contributed by atoms with van der Waals surface area (Å²) in [6, 6.07) is 7.85. The minimum atomic E-state index is -3.66. The molecule has 0 aliphatic rings. The van der Waals surface area contributed by atoms with Gasteiger partial charge in [-0.05, 0) is 12.1 Å². The summed E-state index contributed by atoms with van der Waals surface area (Å²) in [6.45, 7) is 0. The van der Waals surface area contributed by atoms with Gasteiger partial charge in [0, 0.05) is 11.5 Å². The van der Waals surface area contributed by atoms with E-state index in [4.69, 9.17) is 4.74 Å². The predicted molar refractivity (Wildman–Crippen MR) is 74.3 cm³/mol. The summed E-state index contributed by atoms with van der Waals surface area (Å²) < 4.78 is 28.6. The first kappa shape index (κ1) is 14.7. The molecular weight excluding hydrogens is 296 g/mol. The molecule has 2 rings (SSSR count). The Morgan fingerprint density at radius 2 is 2.05 bits per heavy atom. The normalized spacial score (nSPS) is 11.5. The highest BCUT2D eigenvalue weighted by Crippen LogP contribution is 2.11. The zero-order chi connectivity index (χ0) is 15.3. The van der Waals surface area contributed by atoms with Gasteiger partial charge in [-0.1, -0.05) is 18.2 Å². The number of amides is 1. The first-order valence-electron chi connectivity index (χ1n) is 5.77. The van der Waals surface area contributed by atoms with Gasteiger partial charge >= 0.3 is 6.01 Å². The molecule has 0 saturated carbocycles. The monoisotopic (exact) mass is 308 g/mol. The number of carbonyl (C=O) groups is 1. The summed E-state index contributed by atoms with van der Waals surface area (Å²) >= 11 is 0. The highest BCUT2D eigenvalue weighted by Gasteiger charge is 2.11. The maximum Gasteiger partial charge on any atom is 0.336 e. The maximum absolute atomic E-state index is 11.9. The number of sulfone groups is 1. The number of aromatic nitrogens is 3. The van der Waals surface area contributed by atoms with Gasteiger partial charge in [-0.15, -0.1) is 5.10 Å². The van der Waals surface area contributed by atoms with Crippen LogP contribution in [0, 0.1) is 0 Å². The molecule has 1 aromatic carbocycles. The second-order valence-corrected chi connectivity index (χ2v) is 5.65. The fourth-order valence-electron chi connectivity index (χ4n) is 1.39. The van der Waals surface area contributed by atoms with E-state index in [9.17, 15) is 13.2 Å². The smallest absolute Gasteiger partial charge is 0.336 e. The van der Waals surface area contributed by atoms with Crippen LogP contribution in [0.25, 0.3) is 0 Å². The summed E-state index contributed by atoms with van der Waals surface area (Å²) in [6.07, 6.45) is 0.900. The zero-order valence-electron chi connectivity index (χ0n) is 11.0. The van der Waals surface area contributed by atoms with E-state index in [0.717, 1.165) is 11.5 Å². The number of hydrogen-bond donors (Lipinski definition) is 2. The Labute approximate surface area is 120 Å². The van der Waals surface area contributed by atoms with E-state index in [2.05, 4.69) is 20.5 Å². The molecule has 0 unspecified atom stereocenters. The van der Waals surface area contributed by atoms with E-state index in [1.165, 1.54) is 19.2 Å². The number of anilines is 1. The molecule has 2 aromatic rings. The standard InChI is InChI=1S/C12H12N4O4S/c1-20-12-14-11(15-16-12)13-10(17)7-8-21(18,19)9-5-3-2-4-6-9/h2-8H,1H3,(H2,13,14,15,16,17)/b8-7+. The van der Waals surface area contributed by atoms with Gasteiger partial charge in [-0.3, -0.25) is 10.1 Å². The summed E-state index contributed by atoms with van der Waals surface area (Å²) in [5.41, 5.74) is 0. The van der Waals surface area contributed by atoms with Crippen LogP contribution in [-0.4, -0.2) is 36.6 Å². The van der Waals surface area contributed by atoms with Crippen LogP contribution < -0.4 is 10.1 Å². The fraction of sp³-hybridized carbons (Fsp3) is 0.0833. The molecule has 8 nitrogen and oxygen atoms in total. The highest BCUT2D eigenvalue weighted by molar-refractivity contribution is 7.94. The molecule has 9 heteroatoms. The van der Waals surface area contributed by atoms with Crippen molar-refractivity contribution in [3.63, 3.8) is 0 Å².